The number of amides is 1. The molecule has 7 nitrogen and oxygen atoms in total. The van der Waals surface area contributed by atoms with Gasteiger partial charge in [0.05, 0.1) is 27.4 Å². The number of aromatic nitrogens is 1. The van der Waals surface area contributed by atoms with Gasteiger partial charge in [-0.1, -0.05) is 29.0 Å². The first kappa shape index (κ1) is 25.2. The van der Waals surface area contributed by atoms with Crippen LogP contribution < -0.4 is 14.4 Å². The fourth-order valence-corrected chi connectivity index (χ4v) is 4.90. The Morgan fingerprint density at radius 1 is 1.09 bits per heavy atom. The van der Waals surface area contributed by atoms with E-state index >= 15 is 0 Å². The molecule has 1 saturated heterocycles. The molecule has 33 heavy (non-hydrogen) atoms. The largest absolute Gasteiger partial charge is 0.495 e. The van der Waals surface area contributed by atoms with Gasteiger partial charge in [0.1, 0.15) is 21.7 Å². The van der Waals surface area contributed by atoms with Crippen molar-refractivity contribution >= 4 is 45.0 Å². The van der Waals surface area contributed by atoms with E-state index in [0.29, 0.717) is 28.5 Å². The van der Waals surface area contributed by atoms with Crippen LogP contribution in [0.1, 0.15) is 22.3 Å². The van der Waals surface area contributed by atoms with Gasteiger partial charge in [-0.25, -0.2) is 4.98 Å². The highest BCUT2D eigenvalue weighted by atomic mass is 35.5. The van der Waals surface area contributed by atoms with Gasteiger partial charge in [-0.3, -0.25) is 14.6 Å². The van der Waals surface area contributed by atoms with Crippen LogP contribution in [0, 0.1) is 6.92 Å². The summed E-state index contributed by atoms with van der Waals surface area (Å²) in [6, 6.07) is 11.4. The number of rotatable bonds is 8. The van der Waals surface area contributed by atoms with Gasteiger partial charge in [0.25, 0.3) is 5.91 Å². The van der Waals surface area contributed by atoms with Crippen molar-refractivity contribution in [2.45, 2.75) is 13.3 Å². The molecule has 0 saturated carbocycles. The molecular weight excluding hydrogens is 462 g/mol. The number of halogens is 1. The summed E-state index contributed by atoms with van der Waals surface area (Å²) in [4.78, 5) is 22.5. The minimum atomic E-state index is -0.0519. The van der Waals surface area contributed by atoms with Crippen LogP contribution in [0.2, 0.25) is 0 Å². The number of carbonyl (C=O) groups is 1. The molecule has 1 amide bonds. The van der Waals surface area contributed by atoms with E-state index in [4.69, 9.17) is 19.2 Å². The molecular formula is C24H30ClN3O4S. The maximum absolute atomic E-state index is 13.5. The number of benzene rings is 2. The lowest BCUT2D eigenvalue weighted by atomic mass is 10.1. The predicted octanol–water partition coefficient (Wildman–Crippen LogP) is 4.41. The minimum Gasteiger partial charge on any atom is -0.495 e. The average molecular weight is 492 g/mol. The van der Waals surface area contributed by atoms with Crippen molar-refractivity contribution < 1.29 is 19.0 Å². The highest BCUT2D eigenvalue weighted by molar-refractivity contribution is 7.22. The Balaban J connectivity index is 0.00000306. The van der Waals surface area contributed by atoms with Crippen molar-refractivity contribution in [1.82, 2.24) is 9.88 Å². The fourth-order valence-electron chi connectivity index (χ4n) is 3.80. The topological polar surface area (TPSA) is 64.1 Å². The Morgan fingerprint density at radius 3 is 2.42 bits per heavy atom. The maximum atomic E-state index is 13.5. The van der Waals surface area contributed by atoms with Crippen molar-refractivity contribution in [1.29, 1.82) is 0 Å². The normalized spacial score (nSPS) is 14.0. The van der Waals surface area contributed by atoms with Crippen molar-refractivity contribution in [2.24, 2.45) is 0 Å². The second kappa shape index (κ2) is 11.7. The molecule has 2 heterocycles. The second-order valence-corrected chi connectivity index (χ2v) is 8.75. The number of anilines is 1. The summed E-state index contributed by atoms with van der Waals surface area (Å²) in [6.07, 6.45) is 0.849. The van der Waals surface area contributed by atoms with Crippen LogP contribution in [0.4, 0.5) is 5.13 Å². The number of morpholine rings is 1. The molecule has 0 spiro atoms. The number of ether oxygens (including phenoxy) is 3. The van der Waals surface area contributed by atoms with Gasteiger partial charge in [0.2, 0.25) is 0 Å². The third-order valence-electron chi connectivity index (χ3n) is 5.63. The molecule has 178 valence electrons. The van der Waals surface area contributed by atoms with Gasteiger partial charge in [-0.15, -0.1) is 12.4 Å². The summed E-state index contributed by atoms with van der Waals surface area (Å²) in [7, 11) is 3.26. The van der Waals surface area contributed by atoms with Crippen LogP contribution in [-0.4, -0.2) is 69.4 Å². The van der Waals surface area contributed by atoms with Crippen LogP contribution >= 0.6 is 23.7 Å². The number of carbonyl (C=O) groups excluding carboxylic acids is 1. The van der Waals surface area contributed by atoms with E-state index in [1.807, 2.05) is 43.3 Å². The second-order valence-electron chi connectivity index (χ2n) is 7.77. The van der Waals surface area contributed by atoms with E-state index in [9.17, 15) is 4.79 Å². The first-order valence-corrected chi connectivity index (χ1v) is 11.6. The third-order valence-corrected chi connectivity index (χ3v) is 6.73. The van der Waals surface area contributed by atoms with E-state index in [1.165, 1.54) is 11.3 Å². The Bertz CT molecular complexity index is 1030. The summed E-state index contributed by atoms with van der Waals surface area (Å²) in [5.74, 6) is 1.34. The van der Waals surface area contributed by atoms with Crippen LogP contribution in [0.25, 0.3) is 10.2 Å². The van der Waals surface area contributed by atoms with Crippen molar-refractivity contribution in [2.75, 3.05) is 58.5 Å². The predicted molar refractivity (Wildman–Crippen MR) is 135 cm³/mol. The number of hydrogen-bond donors (Lipinski definition) is 0. The van der Waals surface area contributed by atoms with Gasteiger partial charge < -0.3 is 14.2 Å². The van der Waals surface area contributed by atoms with Gasteiger partial charge in [-0.05, 0) is 37.6 Å². The van der Waals surface area contributed by atoms with Crippen molar-refractivity contribution in [3.05, 3.63) is 47.5 Å². The highest BCUT2D eigenvalue weighted by Crippen LogP contribution is 2.40. The summed E-state index contributed by atoms with van der Waals surface area (Å²) >= 11 is 1.45. The number of hydrogen-bond acceptors (Lipinski definition) is 7. The van der Waals surface area contributed by atoms with E-state index in [2.05, 4.69) is 4.90 Å². The first-order valence-electron chi connectivity index (χ1n) is 10.8. The number of thiazole rings is 1. The molecule has 0 atom stereocenters. The standard InChI is InChI=1S/C24H29N3O4S.ClH/c1-17-5-7-18(8-6-17)23(28)27(12-4-11-26-13-15-31-16-14-26)24-25-21-19(29-2)9-10-20(30-3)22(21)32-24;/h5-10H,4,11-16H2,1-3H3;1H. The molecule has 4 rings (SSSR count). The quantitative estimate of drug-likeness (QED) is 0.465. The molecule has 0 aliphatic carbocycles. The fraction of sp³-hybridized carbons (Fsp3) is 0.417. The molecule has 1 fully saturated rings. The molecule has 0 unspecified atom stereocenters. The summed E-state index contributed by atoms with van der Waals surface area (Å²) < 4.78 is 17.4. The lowest BCUT2D eigenvalue weighted by Gasteiger charge is -2.27. The van der Waals surface area contributed by atoms with E-state index in [0.717, 1.165) is 55.3 Å². The Hall–Kier alpha value is -2.39. The lowest BCUT2D eigenvalue weighted by Crippen LogP contribution is -2.39. The molecule has 0 N–H and O–H groups in total. The van der Waals surface area contributed by atoms with Gasteiger partial charge in [0, 0.05) is 31.7 Å². The molecule has 1 aromatic heterocycles. The van der Waals surface area contributed by atoms with Crippen LogP contribution in [0.5, 0.6) is 11.5 Å². The maximum Gasteiger partial charge on any atom is 0.260 e. The zero-order chi connectivity index (χ0) is 22.5. The Kier molecular flexibility index (Phi) is 8.91. The molecule has 3 aromatic rings. The van der Waals surface area contributed by atoms with Gasteiger partial charge >= 0.3 is 0 Å². The third kappa shape index (κ3) is 5.76. The molecule has 2 aromatic carbocycles. The lowest BCUT2D eigenvalue weighted by molar-refractivity contribution is 0.0376. The van der Waals surface area contributed by atoms with E-state index in [1.54, 1.807) is 19.1 Å². The summed E-state index contributed by atoms with van der Waals surface area (Å²) in [5.41, 5.74) is 2.48. The first-order chi connectivity index (χ1) is 15.6. The van der Waals surface area contributed by atoms with Crippen LogP contribution in [0.3, 0.4) is 0 Å². The average Bonchev–Trinajstić information content (AvgIpc) is 3.27. The molecule has 1 aliphatic heterocycles. The Morgan fingerprint density at radius 2 is 1.76 bits per heavy atom. The Labute approximate surface area is 204 Å². The smallest absolute Gasteiger partial charge is 0.260 e. The van der Waals surface area contributed by atoms with Crippen LogP contribution in [-0.2, 0) is 4.74 Å². The summed E-state index contributed by atoms with van der Waals surface area (Å²) in [5, 5.41) is 0.648. The van der Waals surface area contributed by atoms with Gasteiger partial charge in [-0.2, -0.15) is 0 Å². The van der Waals surface area contributed by atoms with E-state index < -0.39 is 0 Å². The zero-order valence-corrected chi connectivity index (χ0v) is 20.8. The molecule has 1 aliphatic rings. The van der Waals surface area contributed by atoms with E-state index in [-0.39, 0.29) is 18.3 Å². The molecule has 0 radical (unpaired) electrons. The van der Waals surface area contributed by atoms with Gasteiger partial charge in [0.15, 0.2) is 5.13 Å². The number of aryl methyl sites for hydroxylation is 1. The monoisotopic (exact) mass is 491 g/mol. The minimum absolute atomic E-state index is 0. The highest BCUT2D eigenvalue weighted by Gasteiger charge is 2.24. The molecule has 0 bridgehead atoms. The number of nitrogens with zero attached hydrogens (tertiary/aromatic N) is 3. The van der Waals surface area contributed by atoms with Crippen LogP contribution in [0.15, 0.2) is 36.4 Å². The van der Waals surface area contributed by atoms with Crippen molar-refractivity contribution in [3.63, 3.8) is 0 Å². The number of methoxy groups -OCH3 is 2. The molecule has 9 heteroatoms. The summed E-state index contributed by atoms with van der Waals surface area (Å²) in [6.45, 7) is 6.91. The van der Waals surface area contributed by atoms with Crippen molar-refractivity contribution in [3.8, 4) is 11.5 Å². The zero-order valence-electron chi connectivity index (χ0n) is 19.2. The SMILES string of the molecule is COc1ccc(OC)c2sc(N(CCCN3CCOCC3)C(=O)c3ccc(C)cc3)nc12.Cl. The number of fused-ring (bicyclic) bond motifs is 1.